The molecular weight excluding hydrogens is 408 g/mol. The minimum Gasteiger partial charge on any atom is -0.390 e. The van der Waals surface area contributed by atoms with E-state index in [9.17, 15) is 10.2 Å². The zero-order valence-electron chi connectivity index (χ0n) is 18.2. The molecule has 1 aromatic carbocycles. The molecule has 5 rings (SSSR count). The number of ether oxygens (including phenoxy) is 1. The number of aliphatic hydroxyl groups is 2. The molecule has 0 unspecified atom stereocenters. The van der Waals surface area contributed by atoms with Gasteiger partial charge in [0, 0.05) is 38.7 Å². The Kier molecular flexibility index (Phi) is 6.05. The Labute approximate surface area is 187 Å². The van der Waals surface area contributed by atoms with Crippen LogP contribution in [-0.2, 0) is 11.3 Å². The van der Waals surface area contributed by atoms with Gasteiger partial charge in [-0.25, -0.2) is 15.0 Å². The fraction of sp³-hybridized carbons (Fsp3) is 0.522. The Balaban J connectivity index is 1.30. The molecule has 0 spiro atoms. The molecule has 0 bridgehead atoms. The second-order valence-corrected chi connectivity index (χ2v) is 8.90. The molecule has 3 N–H and O–H groups in total. The van der Waals surface area contributed by atoms with Crippen LogP contribution in [0.4, 0.5) is 5.82 Å². The summed E-state index contributed by atoms with van der Waals surface area (Å²) in [6.45, 7) is 3.32. The Morgan fingerprint density at radius 1 is 1.12 bits per heavy atom. The first-order chi connectivity index (χ1) is 15.6. The van der Waals surface area contributed by atoms with E-state index in [0.717, 1.165) is 26.1 Å². The fourth-order valence-electron chi connectivity index (χ4n) is 5.08. The van der Waals surface area contributed by atoms with Gasteiger partial charge in [0.15, 0.2) is 11.5 Å². The molecule has 1 saturated carbocycles. The van der Waals surface area contributed by atoms with Crippen molar-refractivity contribution >= 4 is 17.0 Å². The second-order valence-electron chi connectivity index (χ2n) is 8.90. The first kappa shape index (κ1) is 21.3. The highest BCUT2D eigenvalue weighted by atomic mass is 16.5. The van der Waals surface area contributed by atoms with E-state index < -0.39 is 12.2 Å². The number of hydrogen-bond acceptors (Lipinski definition) is 8. The van der Waals surface area contributed by atoms with Crippen LogP contribution in [0, 0.1) is 5.92 Å². The van der Waals surface area contributed by atoms with Crippen molar-refractivity contribution in [1.82, 2.24) is 24.4 Å². The van der Waals surface area contributed by atoms with Crippen LogP contribution in [0.25, 0.3) is 11.2 Å². The Bertz CT molecular complexity index is 1040. The molecule has 9 nitrogen and oxygen atoms in total. The van der Waals surface area contributed by atoms with Crippen molar-refractivity contribution in [3.8, 4) is 0 Å². The fourth-order valence-corrected chi connectivity index (χ4v) is 5.08. The van der Waals surface area contributed by atoms with Crippen LogP contribution in [0.15, 0.2) is 43.0 Å². The zero-order valence-corrected chi connectivity index (χ0v) is 18.2. The first-order valence-electron chi connectivity index (χ1n) is 11.2. The molecule has 1 saturated heterocycles. The average Bonchev–Trinajstić information content (AvgIpc) is 3.50. The maximum Gasteiger partial charge on any atom is 0.165 e. The van der Waals surface area contributed by atoms with Crippen molar-refractivity contribution in [2.75, 3.05) is 32.1 Å². The third-order valence-corrected chi connectivity index (χ3v) is 6.73. The van der Waals surface area contributed by atoms with E-state index in [2.05, 4.69) is 49.4 Å². The van der Waals surface area contributed by atoms with E-state index in [-0.39, 0.29) is 18.0 Å². The summed E-state index contributed by atoms with van der Waals surface area (Å²) < 4.78 is 7.06. The van der Waals surface area contributed by atoms with E-state index in [0.29, 0.717) is 30.0 Å². The number of nitrogens with one attached hydrogen (secondary N) is 1. The highest BCUT2D eigenvalue weighted by molar-refractivity contribution is 5.83. The minimum atomic E-state index is -0.889. The van der Waals surface area contributed by atoms with Crippen LogP contribution < -0.4 is 5.32 Å². The predicted molar refractivity (Wildman–Crippen MR) is 120 cm³/mol. The van der Waals surface area contributed by atoms with Crippen molar-refractivity contribution < 1.29 is 14.9 Å². The Hall–Kier alpha value is -2.59. The zero-order chi connectivity index (χ0) is 22.1. The smallest absolute Gasteiger partial charge is 0.165 e. The molecule has 0 radical (unpaired) electrons. The largest absolute Gasteiger partial charge is 0.390 e. The number of likely N-dealkylation sites (tertiary alicyclic amines) is 1. The van der Waals surface area contributed by atoms with E-state index >= 15 is 0 Å². The van der Waals surface area contributed by atoms with Crippen LogP contribution in [0.1, 0.15) is 24.4 Å². The van der Waals surface area contributed by atoms with Gasteiger partial charge in [0.25, 0.3) is 0 Å². The Morgan fingerprint density at radius 3 is 2.78 bits per heavy atom. The van der Waals surface area contributed by atoms with E-state index in [4.69, 9.17) is 4.74 Å². The quantitative estimate of drug-likeness (QED) is 0.509. The van der Waals surface area contributed by atoms with Crippen molar-refractivity contribution in [2.45, 2.75) is 43.7 Å². The van der Waals surface area contributed by atoms with Crippen LogP contribution >= 0.6 is 0 Å². The number of anilines is 1. The van der Waals surface area contributed by atoms with Gasteiger partial charge < -0.3 is 24.8 Å². The van der Waals surface area contributed by atoms with Gasteiger partial charge in [-0.2, -0.15) is 0 Å². The lowest BCUT2D eigenvalue weighted by atomic mass is 10.1. The SMILES string of the molecule is COC[C@H]1C[C@@H](n2cnc3c(N[C@H]4CCN(Cc5ccccc5)C4)ncnc32)[C@@H](O)[C@H]1O. The van der Waals surface area contributed by atoms with Gasteiger partial charge in [-0.05, 0) is 18.4 Å². The molecule has 2 fully saturated rings. The highest BCUT2D eigenvalue weighted by Gasteiger charge is 2.43. The first-order valence-corrected chi connectivity index (χ1v) is 11.2. The molecule has 2 aromatic heterocycles. The third-order valence-electron chi connectivity index (χ3n) is 6.73. The maximum absolute atomic E-state index is 10.6. The van der Waals surface area contributed by atoms with Gasteiger partial charge in [0.05, 0.1) is 25.1 Å². The molecule has 1 aliphatic heterocycles. The summed E-state index contributed by atoms with van der Waals surface area (Å²) in [5.74, 6) is 0.591. The van der Waals surface area contributed by atoms with E-state index in [1.165, 1.54) is 11.9 Å². The number of imidazole rings is 1. The van der Waals surface area contributed by atoms with Gasteiger partial charge >= 0.3 is 0 Å². The molecule has 5 atom stereocenters. The van der Waals surface area contributed by atoms with Crippen molar-refractivity contribution in [1.29, 1.82) is 0 Å². The second kappa shape index (κ2) is 9.11. The van der Waals surface area contributed by atoms with Crippen molar-refractivity contribution in [2.24, 2.45) is 5.92 Å². The number of aliphatic hydroxyl groups excluding tert-OH is 2. The monoisotopic (exact) mass is 438 g/mol. The van der Waals surface area contributed by atoms with Gasteiger partial charge in [-0.15, -0.1) is 0 Å². The Morgan fingerprint density at radius 2 is 1.97 bits per heavy atom. The molecule has 3 aromatic rings. The van der Waals surface area contributed by atoms with E-state index in [1.807, 2.05) is 10.6 Å². The summed E-state index contributed by atoms with van der Waals surface area (Å²) in [5.41, 5.74) is 2.67. The normalized spacial score (nSPS) is 28.5. The molecule has 32 heavy (non-hydrogen) atoms. The van der Waals surface area contributed by atoms with Gasteiger partial charge in [0.2, 0.25) is 0 Å². The highest BCUT2D eigenvalue weighted by Crippen LogP contribution is 2.37. The number of benzene rings is 1. The molecule has 1 aliphatic carbocycles. The molecule has 170 valence electrons. The van der Waals surface area contributed by atoms with Crippen LogP contribution in [0.3, 0.4) is 0 Å². The lowest BCUT2D eigenvalue weighted by molar-refractivity contribution is -0.00886. The van der Waals surface area contributed by atoms with Gasteiger partial charge in [-0.1, -0.05) is 30.3 Å². The molecule has 3 heterocycles. The molecule has 2 aliphatic rings. The summed E-state index contributed by atoms with van der Waals surface area (Å²) in [4.78, 5) is 15.9. The minimum absolute atomic E-state index is 0.119. The van der Waals surface area contributed by atoms with Crippen molar-refractivity contribution in [3.63, 3.8) is 0 Å². The molecule has 0 amide bonds. The predicted octanol–water partition coefficient (Wildman–Crippen LogP) is 1.44. The third kappa shape index (κ3) is 4.09. The van der Waals surface area contributed by atoms with Gasteiger partial charge in [-0.3, -0.25) is 4.90 Å². The summed E-state index contributed by atoms with van der Waals surface area (Å²) in [5, 5.41) is 24.6. The number of fused-ring (bicyclic) bond motifs is 1. The van der Waals surface area contributed by atoms with Crippen LogP contribution in [0.2, 0.25) is 0 Å². The van der Waals surface area contributed by atoms with Crippen LogP contribution in [0.5, 0.6) is 0 Å². The molecular formula is C23H30N6O3. The lowest BCUT2D eigenvalue weighted by Gasteiger charge is -2.19. The van der Waals surface area contributed by atoms with Crippen molar-refractivity contribution in [3.05, 3.63) is 48.5 Å². The summed E-state index contributed by atoms with van der Waals surface area (Å²) in [7, 11) is 1.61. The van der Waals surface area contributed by atoms with E-state index in [1.54, 1.807) is 13.4 Å². The average molecular weight is 439 g/mol. The standard InChI is InChI=1S/C23H30N6O3/c1-32-12-16-9-18(21(31)20(16)30)29-14-26-19-22(24-13-25-23(19)29)27-17-7-8-28(11-17)10-15-5-3-2-4-6-15/h2-6,13-14,16-18,20-21,30-31H,7-12H2,1H3,(H,24,25,27)/t16-,17+,18-,20+,21-/m1/s1. The molecule has 9 heteroatoms. The number of methoxy groups -OCH3 is 1. The summed E-state index contributed by atoms with van der Waals surface area (Å²) in [6, 6.07) is 10.5. The maximum atomic E-state index is 10.6. The lowest BCUT2D eigenvalue weighted by Crippen LogP contribution is -2.30. The number of aromatic nitrogens is 4. The number of rotatable bonds is 7. The topological polar surface area (TPSA) is 109 Å². The number of nitrogens with zero attached hydrogens (tertiary/aromatic N) is 5. The summed E-state index contributed by atoms with van der Waals surface area (Å²) in [6.07, 6.45) is 3.14. The number of hydrogen-bond donors (Lipinski definition) is 3. The van der Waals surface area contributed by atoms with Crippen LogP contribution in [-0.4, -0.2) is 79.7 Å². The van der Waals surface area contributed by atoms with Gasteiger partial charge in [0.1, 0.15) is 17.9 Å². The summed E-state index contributed by atoms with van der Waals surface area (Å²) >= 11 is 0.